The smallest absolute Gasteiger partial charge is 0.223 e. The van der Waals surface area contributed by atoms with Crippen LogP contribution in [0.2, 0.25) is 0 Å². The summed E-state index contributed by atoms with van der Waals surface area (Å²) in [4.78, 5) is 17.3. The molecule has 0 bridgehead atoms. The van der Waals surface area contributed by atoms with E-state index in [4.69, 9.17) is 9.47 Å². The van der Waals surface area contributed by atoms with Crippen LogP contribution in [0.5, 0.6) is 17.2 Å². The number of nitrogens with zero attached hydrogens (tertiary/aromatic N) is 3. The summed E-state index contributed by atoms with van der Waals surface area (Å²) < 4.78 is 12.9. The molecule has 32 heavy (non-hydrogen) atoms. The van der Waals surface area contributed by atoms with Crippen molar-refractivity contribution in [3.8, 4) is 17.2 Å². The van der Waals surface area contributed by atoms with Gasteiger partial charge >= 0.3 is 0 Å². The van der Waals surface area contributed by atoms with Crippen LogP contribution < -0.4 is 14.9 Å². The Morgan fingerprint density at radius 3 is 2.19 bits per heavy atom. The van der Waals surface area contributed by atoms with E-state index in [-0.39, 0.29) is 11.2 Å². The standard InChI is InChI=1S/C25H35N3O4/c1-26-20(14-22(29)25(30)21(26)17-27-9-6-4-5-7-10-27)16-28-11-8-18-12-23(31-2)24(32-3)13-19(18)15-28/h12-14,30H,4-11,15-17H2,1-3H3. The molecule has 1 aromatic carbocycles. The van der Waals surface area contributed by atoms with Crippen molar-refractivity contribution in [1.82, 2.24) is 14.4 Å². The van der Waals surface area contributed by atoms with E-state index < -0.39 is 0 Å². The van der Waals surface area contributed by atoms with Crippen molar-refractivity contribution < 1.29 is 14.6 Å². The van der Waals surface area contributed by atoms with Gasteiger partial charge in [-0.15, -0.1) is 0 Å². The molecule has 0 spiro atoms. The van der Waals surface area contributed by atoms with Crippen LogP contribution in [0.15, 0.2) is 23.0 Å². The normalized spacial score (nSPS) is 17.6. The van der Waals surface area contributed by atoms with Crippen molar-refractivity contribution in [2.75, 3.05) is 33.9 Å². The lowest BCUT2D eigenvalue weighted by molar-refractivity contribution is 0.234. The average Bonchev–Trinajstić information content (AvgIpc) is 3.08. The van der Waals surface area contributed by atoms with Crippen LogP contribution in [0, 0.1) is 0 Å². The second-order valence-electron chi connectivity index (χ2n) is 8.98. The lowest BCUT2D eigenvalue weighted by Gasteiger charge is -2.31. The van der Waals surface area contributed by atoms with Gasteiger partial charge in [0.2, 0.25) is 5.43 Å². The van der Waals surface area contributed by atoms with E-state index >= 15 is 0 Å². The third-order valence-corrected chi connectivity index (χ3v) is 6.89. The molecule has 2 aliphatic heterocycles. The summed E-state index contributed by atoms with van der Waals surface area (Å²) in [6.45, 7) is 5.00. The largest absolute Gasteiger partial charge is 0.503 e. The second-order valence-corrected chi connectivity index (χ2v) is 8.98. The maximum atomic E-state index is 12.6. The fourth-order valence-corrected chi connectivity index (χ4v) is 4.94. The van der Waals surface area contributed by atoms with Crippen molar-refractivity contribution in [3.05, 3.63) is 50.9 Å². The van der Waals surface area contributed by atoms with Crippen LogP contribution in [0.1, 0.15) is 48.2 Å². The number of rotatable bonds is 6. The highest BCUT2D eigenvalue weighted by Crippen LogP contribution is 2.33. The van der Waals surface area contributed by atoms with Gasteiger partial charge in [0.1, 0.15) is 0 Å². The summed E-state index contributed by atoms with van der Waals surface area (Å²) >= 11 is 0. The predicted octanol–water partition coefficient (Wildman–Crippen LogP) is 3.04. The van der Waals surface area contributed by atoms with Gasteiger partial charge in [-0.3, -0.25) is 14.6 Å². The molecule has 1 aromatic heterocycles. The molecule has 7 heteroatoms. The number of pyridine rings is 1. The first kappa shape index (κ1) is 22.7. The van der Waals surface area contributed by atoms with Crippen molar-refractivity contribution in [3.63, 3.8) is 0 Å². The van der Waals surface area contributed by atoms with Crippen molar-refractivity contribution in [2.24, 2.45) is 7.05 Å². The fourth-order valence-electron chi connectivity index (χ4n) is 4.94. The number of methoxy groups -OCH3 is 2. The van der Waals surface area contributed by atoms with Gasteiger partial charge < -0.3 is 19.1 Å². The van der Waals surface area contributed by atoms with Crippen molar-refractivity contribution in [2.45, 2.75) is 51.7 Å². The summed E-state index contributed by atoms with van der Waals surface area (Å²) in [5.74, 6) is 1.39. The SMILES string of the molecule is COc1cc2c(cc1OC)CN(Cc1cc(=O)c(O)c(CN3CCCCCC3)n1C)CC2. The minimum atomic E-state index is -0.285. The Hall–Kier alpha value is -2.51. The summed E-state index contributed by atoms with van der Waals surface area (Å²) in [6, 6.07) is 5.72. The van der Waals surface area contributed by atoms with Crippen molar-refractivity contribution in [1.29, 1.82) is 0 Å². The molecule has 0 unspecified atom stereocenters. The Morgan fingerprint density at radius 2 is 1.53 bits per heavy atom. The maximum absolute atomic E-state index is 12.6. The molecule has 0 amide bonds. The molecule has 2 aliphatic rings. The van der Waals surface area contributed by atoms with Gasteiger partial charge in [0, 0.05) is 45.0 Å². The number of hydrogen-bond acceptors (Lipinski definition) is 6. The number of likely N-dealkylation sites (tertiary alicyclic amines) is 1. The molecule has 0 saturated carbocycles. The van der Waals surface area contributed by atoms with Crippen LogP contribution >= 0.6 is 0 Å². The topological polar surface area (TPSA) is 67.2 Å². The minimum Gasteiger partial charge on any atom is -0.503 e. The molecule has 2 aromatic rings. The molecule has 174 valence electrons. The monoisotopic (exact) mass is 441 g/mol. The zero-order chi connectivity index (χ0) is 22.7. The van der Waals surface area contributed by atoms with Crippen molar-refractivity contribution >= 4 is 0 Å². The number of hydrogen-bond donors (Lipinski definition) is 1. The Kier molecular flexibility index (Phi) is 7.06. The van der Waals surface area contributed by atoms with E-state index in [0.717, 1.165) is 55.5 Å². The summed E-state index contributed by atoms with van der Waals surface area (Å²) in [5, 5.41) is 10.5. The van der Waals surface area contributed by atoms with Gasteiger partial charge in [0.25, 0.3) is 0 Å². The van der Waals surface area contributed by atoms with Gasteiger partial charge in [-0.25, -0.2) is 0 Å². The van der Waals surface area contributed by atoms with Crippen LogP contribution in [0.25, 0.3) is 0 Å². The first-order valence-corrected chi connectivity index (χ1v) is 11.6. The van der Waals surface area contributed by atoms with E-state index in [1.165, 1.54) is 36.8 Å². The Balaban J connectivity index is 1.54. The highest BCUT2D eigenvalue weighted by molar-refractivity contribution is 5.48. The van der Waals surface area contributed by atoms with Gasteiger partial charge in [0.05, 0.1) is 19.9 Å². The summed E-state index contributed by atoms with van der Waals surface area (Å²) in [6.07, 6.45) is 5.79. The lowest BCUT2D eigenvalue weighted by Crippen LogP contribution is -2.33. The third kappa shape index (κ3) is 4.79. The zero-order valence-electron chi connectivity index (χ0n) is 19.5. The number of ether oxygens (including phenoxy) is 2. The highest BCUT2D eigenvalue weighted by Gasteiger charge is 2.22. The Labute approximate surface area is 190 Å². The first-order valence-electron chi connectivity index (χ1n) is 11.6. The van der Waals surface area contributed by atoms with Crippen LogP contribution in [-0.4, -0.2) is 53.3 Å². The van der Waals surface area contributed by atoms with Gasteiger partial charge in [-0.1, -0.05) is 12.8 Å². The average molecular weight is 442 g/mol. The Morgan fingerprint density at radius 1 is 0.875 bits per heavy atom. The molecule has 1 fully saturated rings. The van der Waals surface area contributed by atoms with E-state index in [2.05, 4.69) is 21.9 Å². The maximum Gasteiger partial charge on any atom is 0.223 e. The molecule has 0 atom stereocenters. The fraction of sp³-hybridized carbons (Fsp3) is 0.560. The number of aromatic hydroxyl groups is 1. The molecule has 4 rings (SSSR count). The second kappa shape index (κ2) is 9.96. The molecule has 1 saturated heterocycles. The molecule has 0 radical (unpaired) electrons. The number of benzene rings is 1. The Bertz CT molecular complexity index is 1010. The van der Waals surface area contributed by atoms with Gasteiger partial charge in [-0.05, 0) is 55.6 Å². The molecule has 0 aliphatic carbocycles. The van der Waals surface area contributed by atoms with E-state index in [1.807, 2.05) is 11.6 Å². The van der Waals surface area contributed by atoms with E-state index in [9.17, 15) is 9.90 Å². The van der Waals surface area contributed by atoms with Crippen LogP contribution in [0.4, 0.5) is 0 Å². The van der Waals surface area contributed by atoms with Gasteiger partial charge in [-0.2, -0.15) is 0 Å². The highest BCUT2D eigenvalue weighted by atomic mass is 16.5. The van der Waals surface area contributed by atoms with Gasteiger partial charge in [0.15, 0.2) is 17.2 Å². The zero-order valence-corrected chi connectivity index (χ0v) is 19.5. The summed E-state index contributed by atoms with van der Waals surface area (Å²) in [5.41, 5.74) is 3.87. The number of aromatic nitrogens is 1. The summed E-state index contributed by atoms with van der Waals surface area (Å²) in [7, 11) is 5.28. The molecule has 1 N–H and O–H groups in total. The van der Waals surface area contributed by atoms with Crippen LogP contribution in [0.3, 0.4) is 0 Å². The third-order valence-electron chi connectivity index (χ3n) is 6.89. The predicted molar refractivity (Wildman–Crippen MR) is 124 cm³/mol. The van der Waals surface area contributed by atoms with E-state index in [0.29, 0.717) is 13.1 Å². The molecule has 3 heterocycles. The van der Waals surface area contributed by atoms with Crippen LogP contribution in [-0.2, 0) is 33.1 Å². The quantitative estimate of drug-likeness (QED) is 0.743. The molecular formula is C25H35N3O4. The minimum absolute atomic E-state index is 0.110. The molecule has 7 nitrogen and oxygen atoms in total. The van der Waals surface area contributed by atoms with E-state index in [1.54, 1.807) is 20.3 Å². The lowest BCUT2D eigenvalue weighted by atomic mass is 9.98. The molecular weight excluding hydrogens is 406 g/mol. The first-order chi connectivity index (χ1) is 15.5. The number of fused-ring (bicyclic) bond motifs is 1.